The number of aldehydes is 1. The van der Waals surface area contributed by atoms with Crippen molar-refractivity contribution in [3.05, 3.63) is 34.1 Å². The van der Waals surface area contributed by atoms with Crippen molar-refractivity contribution in [1.82, 2.24) is 0 Å². The van der Waals surface area contributed by atoms with Gasteiger partial charge < -0.3 is 4.74 Å². The predicted molar refractivity (Wildman–Crippen MR) is 52.8 cm³/mol. The first-order valence-electron chi connectivity index (χ1n) is 4.21. The van der Waals surface area contributed by atoms with Crippen molar-refractivity contribution in [3.8, 4) is 0 Å². The lowest BCUT2D eigenvalue weighted by Crippen LogP contribution is -2.08. The van der Waals surface area contributed by atoms with Crippen molar-refractivity contribution in [2.45, 2.75) is 6.92 Å². The molecule has 0 unspecified atom stereocenters. The standard InChI is InChI=1S/C10H8ClFO3/c1-2-15-10(14)7-3-6(5-13)8(11)4-9(7)12/h3-5H,2H2,1H3. The highest BCUT2D eigenvalue weighted by Crippen LogP contribution is 2.20. The molecule has 1 rings (SSSR count). The Balaban J connectivity index is 3.18. The molecular formula is C10H8ClFO3. The van der Waals surface area contributed by atoms with Gasteiger partial charge in [0.1, 0.15) is 5.82 Å². The molecule has 0 aliphatic heterocycles. The second-order valence-corrected chi connectivity index (χ2v) is 3.10. The van der Waals surface area contributed by atoms with Crippen LogP contribution in [0.4, 0.5) is 4.39 Å². The van der Waals surface area contributed by atoms with E-state index in [1.807, 2.05) is 0 Å². The van der Waals surface area contributed by atoms with E-state index in [2.05, 4.69) is 4.74 Å². The predicted octanol–water partition coefficient (Wildman–Crippen LogP) is 2.47. The Bertz CT molecular complexity index is 404. The molecule has 0 heterocycles. The third-order valence-electron chi connectivity index (χ3n) is 1.71. The van der Waals surface area contributed by atoms with Crippen LogP contribution in [0, 0.1) is 5.82 Å². The molecule has 0 atom stereocenters. The van der Waals surface area contributed by atoms with Gasteiger partial charge in [0.15, 0.2) is 6.29 Å². The average Bonchev–Trinajstić information content (AvgIpc) is 2.18. The van der Waals surface area contributed by atoms with Gasteiger partial charge in [-0.2, -0.15) is 0 Å². The largest absolute Gasteiger partial charge is 0.462 e. The van der Waals surface area contributed by atoms with Gasteiger partial charge in [-0.05, 0) is 19.1 Å². The van der Waals surface area contributed by atoms with Crippen molar-refractivity contribution in [2.24, 2.45) is 0 Å². The van der Waals surface area contributed by atoms with Crippen LogP contribution >= 0.6 is 11.6 Å². The molecule has 1 aromatic carbocycles. The lowest BCUT2D eigenvalue weighted by atomic mass is 10.1. The smallest absolute Gasteiger partial charge is 0.341 e. The van der Waals surface area contributed by atoms with Gasteiger partial charge in [0, 0.05) is 5.56 Å². The maximum Gasteiger partial charge on any atom is 0.341 e. The molecule has 3 nitrogen and oxygen atoms in total. The van der Waals surface area contributed by atoms with E-state index < -0.39 is 11.8 Å². The van der Waals surface area contributed by atoms with Gasteiger partial charge in [0.2, 0.25) is 0 Å². The quantitative estimate of drug-likeness (QED) is 0.592. The van der Waals surface area contributed by atoms with E-state index in [0.717, 1.165) is 12.1 Å². The Kier molecular flexibility index (Phi) is 3.80. The molecule has 0 spiro atoms. The van der Waals surface area contributed by atoms with E-state index in [4.69, 9.17) is 11.6 Å². The fourth-order valence-electron chi connectivity index (χ4n) is 1.02. The van der Waals surface area contributed by atoms with Crippen LogP contribution in [0.25, 0.3) is 0 Å². The lowest BCUT2D eigenvalue weighted by Gasteiger charge is -2.04. The molecule has 0 saturated heterocycles. The summed E-state index contributed by atoms with van der Waals surface area (Å²) in [7, 11) is 0. The molecule has 0 fully saturated rings. The van der Waals surface area contributed by atoms with Crippen LogP contribution in [0.15, 0.2) is 12.1 Å². The summed E-state index contributed by atoms with van der Waals surface area (Å²) in [6, 6.07) is 1.99. The summed E-state index contributed by atoms with van der Waals surface area (Å²) in [5, 5.41) is -0.0319. The number of halogens is 2. The molecular weight excluding hydrogens is 223 g/mol. The fourth-order valence-corrected chi connectivity index (χ4v) is 1.22. The summed E-state index contributed by atoms with van der Waals surface area (Å²) in [5.74, 6) is -1.61. The highest BCUT2D eigenvalue weighted by atomic mass is 35.5. The van der Waals surface area contributed by atoms with Gasteiger partial charge in [0.25, 0.3) is 0 Å². The van der Waals surface area contributed by atoms with Crippen molar-refractivity contribution in [1.29, 1.82) is 0 Å². The van der Waals surface area contributed by atoms with Crippen LogP contribution in [0.2, 0.25) is 5.02 Å². The number of hydrogen-bond acceptors (Lipinski definition) is 3. The number of benzene rings is 1. The molecule has 0 bridgehead atoms. The van der Waals surface area contributed by atoms with E-state index in [0.29, 0.717) is 6.29 Å². The topological polar surface area (TPSA) is 43.4 Å². The first kappa shape index (κ1) is 11.7. The van der Waals surface area contributed by atoms with Gasteiger partial charge >= 0.3 is 5.97 Å². The number of esters is 1. The zero-order valence-electron chi connectivity index (χ0n) is 7.92. The molecule has 1 aromatic rings. The van der Waals surface area contributed by atoms with Gasteiger partial charge in [-0.25, -0.2) is 9.18 Å². The van der Waals surface area contributed by atoms with Crippen molar-refractivity contribution >= 4 is 23.9 Å². The monoisotopic (exact) mass is 230 g/mol. The van der Waals surface area contributed by atoms with Crippen molar-refractivity contribution in [3.63, 3.8) is 0 Å². The summed E-state index contributed by atoms with van der Waals surface area (Å²) >= 11 is 5.56. The maximum absolute atomic E-state index is 13.2. The zero-order chi connectivity index (χ0) is 11.4. The summed E-state index contributed by atoms with van der Waals surface area (Å²) < 4.78 is 17.8. The van der Waals surface area contributed by atoms with E-state index in [9.17, 15) is 14.0 Å². The van der Waals surface area contributed by atoms with Gasteiger partial charge in [-0.15, -0.1) is 0 Å². The maximum atomic E-state index is 13.2. The SMILES string of the molecule is CCOC(=O)c1cc(C=O)c(Cl)cc1F. The number of rotatable bonds is 3. The molecule has 0 amide bonds. The van der Waals surface area contributed by atoms with Gasteiger partial charge in [0.05, 0.1) is 17.2 Å². The molecule has 0 radical (unpaired) electrons. The third kappa shape index (κ3) is 2.53. The summed E-state index contributed by atoms with van der Waals surface area (Å²) in [6.07, 6.45) is 0.449. The molecule has 0 N–H and O–H groups in total. The summed E-state index contributed by atoms with van der Waals surface area (Å²) in [6.45, 7) is 1.74. The minimum atomic E-state index is -0.810. The average molecular weight is 231 g/mol. The molecule has 0 aromatic heterocycles. The van der Waals surface area contributed by atoms with E-state index >= 15 is 0 Å². The van der Waals surface area contributed by atoms with E-state index in [1.165, 1.54) is 0 Å². The second-order valence-electron chi connectivity index (χ2n) is 2.69. The minimum Gasteiger partial charge on any atom is -0.462 e. The highest BCUT2D eigenvalue weighted by molar-refractivity contribution is 6.33. The normalized spacial score (nSPS) is 9.80. The Morgan fingerprint density at radius 3 is 2.80 bits per heavy atom. The van der Waals surface area contributed by atoms with Gasteiger partial charge in [-0.1, -0.05) is 11.6 Å². The summed E-state index contributed by atoms with van der Waals surface area (Å²) in [4.78, 5) is 21.7. The molecule has 0 aliphatic rings. The molecule has 0 aliphatic carbocycles. The molecule has 5 heteroatoms. The molecule has 15 heavy (non-hydrogen) atoms. The fraction of sp³-hybridized carbons (Fsp3) is 0.200. The summed E-state index contributed by atoms with van der Waals surface area (Å²) in [5.41, 5.74) is -0.232. The Hall–Kier alpha value is -1.42. The van der Waals surface area contributed by atoms with Crippen LogP contribution < -0.4 is 0 Å². The molecule has 80 valence electrons. The van der Waals surface area contributed by atoms with Crippen LogP contribution in [-0.2, 0) is 4.74 Å². The van der Waals surface area contributed by atoms with Crippen molar-refractivity contribution < 1.29 is 18.7 Å². The zero-order valence-corrected chi connectivity index (χ0v) is 8.68. The van der Waals surface area contributed by atoms with Gasteiger partial charge in [-0.3, -0.25) is 4.79 Å². The lowest BCUT2D eigenvalue weighted by molar-refractivity contribution is 0.0521. The van der Waals surface area contributed by atoms with Crippen LogP contribution in [-0.4, -0.2) is 18.9 Å². The van der Waals surface area contributed by atoms with Crippen LogP contribution in [0.1, 0.15) is 27.6 Å². The number of hydrogen-bond donors (Lipinski definition) is 0. The Morgan fingerprint density at radius 1 is 1.60 bits per heavy atom. The first-order chi connectivity index (χ1) is 7.10. The molecule has 0 saturated carbocycles. The van der Waals surface area contributed by atoms with Crippen LogP contribution in [0.3, 0.4) is 0 Å². The second kappa shape index (κ2) is 4.89. The van der Waals surface area contributed by atoms with E-state index in [-0.39, 0.29) is 22.8 Å². The first-order valence-corrected chi connectivity index (χ1v) is 4.59. The number of carbonyl (C=O) groups excluding carboxylic acids is 2. The minimum absolute atomic E-state index is 0.0319. The highest BCUT2D eigenvalue weighted by Gasteiger charge is 2.15. The third-order valence-corrected chi connectivity index (χ3v) is 2.04. The van der Waals surface area contributed by atoms with Crippen molar-refractivity contribution in [2.75, 3.05) is 6.61 Å². The Labute approximate surface area is 90.8 Å². The van der Waals surface area contributed by atoms with E-state index in [1.54, 1.807) is 6.92 Å². The van der Waals surface area contributed by atoms with Crippen LogP contribution in [0.5, 0.6) is 0 Å². The Morgan fingerprint density at radius 2 is 2.27 bits per heavy atom. The number of carbonyl (C=O) groups is 2. The number of ether oxygens (including phenoxy) is 1.